The molecule has 0 saturated carbocycles. The predicted molar refractivity (Wildman–Crippen MR) is 77.9 cm³/mol. The van der Waals surface area contributed by atoms with E-state index in [0.717, 1.165) is 10.9 Å². The van der Waals surface area contributed by atoms with Crippen molar-refractivity contribution in [3.63, 3.8) is 0 Å². The Balaban J connectivity index is 1.90. The normalized spacial score (nSPS) is 31.2. The second kappa shape index (κ2) is 5.82. The number of carboxylic acids is 1. The monoisotopic (exact) mass is 323 g/mol. The Bertz CT molecular complexity index is 728. The van der Waals surface area contributed by atoms with E-state index in [1.54, 1.807) is 16.8 Å². The standard InChI is InChI=1S/C15H17NO7/c1-16-6-9(7-4-2-3-5-8(7)16)22-15-12(19)10(17)11(18)13(23-15)14(20)21/h2-6,10-13,15,17-19H,1H3,(H,20,21)/t10-,11-,12+,13-,15+/m0/s1. The zero-order chi connectivity index (χ0) is 16.7. The van der Waals surface area contributed by atoms with Crippen molar-refractivity contribution in [1.82, 2.24) is 4.57 Å². The highest BCUT2D eigenvalue weighted by Gasteiger charge is 2.48. The summed E-state index contributed by atoms with van der Waals surface area (Å²) in [6.07, 6.45) is -6.46. The van der Waals surface area contributed by atoms with Gasteiger partial charge in [0.05, 0.1) is 5.52 Å². The van der Waals surface area contributed by atoms with Gasteiger partial charge in [-0.25, -0.2) is 4.79 Å². The fraction of sp³-hybridized carbons (Fsp3) is 0.400. The average Bonchev–Trinajstić information content (AvgIpc) is 2.84. The summed E-state index contributed by atoms with van der Waals surface area (Å²) in [6.45, 7) is 0. The average molecular weight is 323 g/mol. The molecule has 4 N–H and O–H groups in total. The number of benzene rings is 1. The summed E-state index contributed by atoms with van der Waals surface area (Å²) in [4.78, 5) is 11.1. The third-order valence-corrected chi connectivity index (χ3v) is 3.92. The van der Waals surface area contributed by atoms with E-state index >= 15 is 0 Å². The molecule has 1 aromatic carbocycles. The van der Waals surface area contributed by atoms with E-state index in [1.807, 2.05) is 25.2 Å². The van der Waals surface area contributed by atoms with Crippen LogP contribution in [0.25, 0.3) is 10.9 Å². The first-order chi connectivity index (χ1) is 10.9. The fourth-order valence-electron chi connectivity index (χ4n) is 2.67. The Hall–Kier alpha value is -2.13. The third-order valence-electron chi connectivity index (χ3n) is 3.92. The van der Waals surface area contributed by atoms with E-state index in [4.69, 9.17) is 14.6 Å². The molecule has 0 amide bonds. The summed E-state index contributed by atoms with van der Waals surface area (Å²) >= 11 is 0. The van der Waals surface area contributed by atoms with Gasteiger partial charge in [0.25, 0.3) is 0 Å². The van der Waals surface area contributed by atoms with Crippen LogP contribution in [-0.2, 0) is 16.6 Å². The molecule has 1 saturated heterocycles. The van der Waals surface area contributed by atoms with Gasteiger partial charge in [-0.2, -0.15) is 0 Å². The van der Waals surface area contributed by atoms with Gasteiger partial charge >= 0.3 is 5.97 Å². The Morgan fingerprint density at radius 3 is 2.57 bits per heavy atom. The summed E-state index contributed by atoms with van der Waals surface area (Å²) in [7, 11) is 1.81. The van der Waals surface area contributed by atoms with Crippen molar-refractivity contribution < 1.29 is 34.7 Å². The highest BCUT2D eigenvalue weighted by molar-refractivity contribution is 5.86. The van der Waals surface area contributed by atoms with E-state index in [2.05, 4.69) is 0 Å². The number of aromatic nitrogens is 1. The topological polar surface area (TPSA) is 121 Å². The molecule has 124 valence electrons. The maximum Gasteiger partial charge on any atom is 0.335 e. The Labute approximate surface area is 131 Å². The van der Waals surface area contributed by atoms with E-state index < -0.39 is 36.7 Å². The molecule has 2 aromatic rings. The molecule has 1 aliphatic heterocycles. The van der Waals surface area contributed by atoms with E-state index in [9.17, 15) is 20.1 Å². The van der Waals surface area contributed by atoms with Gasteiger partial charge in [0, 0.05) is 18.6 Å². The SMILES string of the molecule is Cn1cc(O[C@@H]2O[C@H](C(=O)O)[C@@H](O)[C@H](O)[C@H]2O)c2ccccc21. The lowest BCUT2D eigenvalue weighted by Gasteiger charge is -2.38. The lowest BCUT2D eigenvalue weighted by molar-refractivity contribution is -0.270. The largest absolute Gasteiger partial charge is 0.479 e. The highest BCUT2D eigenvalue weighted by atomic mass is 16.7. The van der Waals surface area contributed by atoms with Crippen LogP contribution in [0.3, 0.4) is 0 Å². The van der Waals surface area contributed by atoms with E-state index in [1.165, 1.54) is 0 Å². The van der Waals surface area contributed by atoms with Crippen LogP contribution in [0.1, 0.15) is 0 Å². The Morgan fingerprint density at radius 2 is 1.87 bits per heavy atom. The number of aryl methyl sites for hydroxylation is 1. The summed E-state index contributed by atoms with van der Waals surface area (Å²) in [6, 6.07) is 7.35. The number of ether oxygens (including phenoxy) is 2. The number of rotatable bonds is 3. The van der Waals surface area contributed by atoms with Gasteiger partial charge in [0.2, 0.25) is 6.29 Å². The number of nitrogens with zero attached hydrogens (tertiary/aromatic N) is 1. The molecular formula is C15H17NO7. The van der Waals surface area contributed by atoms with Gasteiger partial charge in [-0.1, -0.05) is 12.1 Å². The number of fused-ring (bicyclic) bond motifs is 1. The van der Waals surface area contributed by atoms with Crippen LogP contribution in [0.15, 0.2) is 30.5 Å². The van der Waals surface area contributed by atoms with E-state index in [0.29, 0.717) is 5.75 Å². The quantitative estimate of drug-likeness (QED) is 0.598. The Kier molecular flexibility index (Phi) is 3.99. The van der Waals surface area contributed by atoms with Gasteiger partial charge in [-0.3, -0.25) is 0 Å². The minimum atomic E-state index is -1.74. The molecular weight excluding hydrogens is 306 g/mol. The fourth-order valence-corrected chi connectivity index (χ4v) is 2.67. The first-order valence-electron chi connectivity index (χ1n) is 7.03. The highest BCUT2D eigenvalue weighted by Crippen LogP contribution is 2.31. The molecule has 0 radical (unpaired) electrons. The molecule has 23 heavy (non-hydrogen) atoms. The summed E-state index contributed by atoms with van der Waals surface area (Å²) in [5.41, 5.74) is 0.878. The number of aliphatic carboxylic acids is 1. The lowest BCUT2D eigenvalue weighted by atomic mass is 9.99. The molecule has 0 aliphatic carbocycles. The van der Waals surface area contributed by atoms with Crippen LogP contribution >= 0.6 is 0 Å². The van der Waals surface area contributed by atoms with Crippen molar-refractivity contribution >= 4 is 16.9 Å². The third kappa shape index (κ3) is 2.66. The second-order valence-corrected chi connectivity index (χ2v) is 5.47. The molecule has 8 heteroatoms. The molecule has 1 fully saturated rings. The molecule has 8 nitrogen and oxygen atoms in total. The predicted octanol–water partition coefficient (Wildman–Crippen LogP) is -0.551. The van der Waals surface area contributed by atoms with Crippen molar-refractivity contribution in [2.75, 3.05) is 0 Å². The molecule has 0 spiro atoms. The number of aliphatic hydroxyl groups excluding tert-OH is 3. The van der Waals surface area contributed by atoms with Gasteiger partial charge in [-0.15, -0.1) is 0 Å². The molecule has 0 bridgehead atoms. The van der Waals surface area contributed by atoms with Crippen LogP contribution in [0.2, 0.25) is 0 Å². The molecule has 1 aliphatic rings. The van der Waals surface area contributed by atoms with Gasteiger partial charge < -0.3 is 34.5 Å². The van der Waals surface area contributed by atoms with Crippen LogP contribution in [0.5, 0.6) is 5.75 Å². The minimum Gasteiger partial charge on any atom is -0.479 e. The van der Waals surface area contributed by atoms with Crippen molar-refractivity contribution in [1.29, 1.82) is 0 Å². The maximum atomic E-state index is 11.1. The number of hydrogen-bond donors (Lipinski definition) is 4. The maximum absolute atomic E-state index is 11.1. The van der Waals surface area contributed by atoms with Crippen molar-refractivity contribution in [3.05, 3.63) is 30.5 Å². The zero-order valence-corrected chi connectivity index (χ0v) is 12.2. The van der Waals surface area contributed by atoms with Gasteiger partial charge in [0.1, 0.15) is 24.1 Å². The van der Waals surface area contributed by atoms with Gasteiger partial charge in [0.15, 0.2) is 6.10 Å². The molecule has 2 heterocycles. The van der Waals surface area contributed by atoms with Crippen LogP contribution in [0.4, 0.5) is 0 Å². The smallest absolute Gasteiger partial charge is 0.335 e. The summed E-state index contributed by atoms with van der Waals surface area (Å²) in [5, 5.41) is 39.2. The molecule has 1 aromatic heterocycles. The first kappa shape index (κ1) is 15.8. The number of aliphatic hydroxyl groups is 3. The van der Waals surface area contributed by atoms with Crippen molar-refractivity contribution in [2.45, 2.75) is 30.7 Å². The minimum absolute atomic E-state index is 0.375. The molecule has 5 atom stereocenters. The lowest BCUT2D eigenvalue weighted by Crippen LogP contribution is -2.61. The second-order valence-electron chi connectivity index (χ2n) is 5.47. The van der Waals surface area contributed by atoms with E-state index in [-0.39, 0.29) is 0 Å². The van der Waals surface area contributed by atoms with Crippen LogP contribution in [-0.4, -0.2) is 61.7 Å². The number of carboxylic acid groups (broad SMARTS) is 1. The number of carbonyl (C=O) groups is 1. The first-order valence-corrected chi connectivity index (χ1v) is 7.03. The van der Waals surface area contributed by atoms with Crippen LogP contribution < -0.4 is 4.74 Å². The number of hydrogen-bond acceptors (Lipinski definition) is 6. The van der Waals surface area contributed by atoms with Crippen molar-refractivity contribution in [2.24, 2.45) is 7.05 Å². The Morgan fingerprint density at radius 1 is 1.17 bits per heavy atom. The van der Waals surface area contributed by atoms with Crippen molar-refractivity contribution in [3.8, 4) is 5.75 Å². The van der Waals surface area contributed by atoms with Crippen LogP contribution in [0, 0.1) is 0 Å². The van der Waals surface area contributed by atoms with Gasteiger partial charge in [-0.05, 0) is 12.1 Å². The molecule has 0 unspecified atom stereocenters. The molecule has 3 rings (SSSR count). The summed E-state index contributed by atoms with van der Waals surface area (Å²) in [5.74, 6) is -1.07. The zero-order valence-electron chi connectivity index (χ0n) is 12.2. The summed E-state index contributed by atoms with van der Waals surface area (Å²) < 4.78 is 12.5. The number of para-hydroxylation sites is 1.